The van der Waals surface area contributed by atoms with E-state index in [0.29, 0.717) is 0 Å². The predicted molar refractivity (Wildman–Crippen MR) is 55.2 cm³/mol. The molecule has 0 aliphatic heterocycles. The largest absolute Gasteiger partial charge is 0.481 e. The second-order valence-electron chi connectivity index (χ2n) is 3.33. The Hall–Kier alpha value is -1.20. The third-order valence-corrected chi connectivity index (χ3v) is 2.44. The van der Waals surface area contributed by atoms with Crippen molar-refractivity contribution in [3.05, 3.63) is 34.4 Å². The number of hydrogen-bond donors (Lipinski definition) is 2. The Labute approximate surface area is 95.8 Å². The summed E-state index contributed by atoms with van der Waals surface area (Å²) in [4.78, 5) is 10.3. The lowest BCUT2D eigenvalue weighted by atomic mass is 10.0. The third kappa shape index (κ3) is 3.15. The molecule has 0 aliphatic carbocycles. The van der Waals surface area contributed by atoms with Crippen molar-refractivity contribution < 1.29 is 18.7 Å². The summed E-state index contributed by atoms with van der Waals surface area (Å²) < 4.78 is 25.7. The topological polar surface area (TPSA) is 63.3 Å². The van der Waals surface area contributed by atoms with Gasteiger partial charge in [-0.2, -0.15) is 0 Å². The van der Waals surface area contributed by atoms with E-state index in [2.05, 4.69) is 0 Å². The van der Waals surface area contributed by atoms with Crippen LogP contribution in [0, 0.1) is 11.6 Å². The standard InChI is InChI=1S/C10H10ClF2NO2/c11-6-4-8(13)7(12)3-5(6)9(14)1-2-10(15)16/h3-4,9H,1-2,14H2,(H,15,16). The van der Waals surface area contributed by atoms with E-state index < -0.39 is 23.6 Å². The molecule has 1 atom stereocenters. The van der Waals surface area contributed by atoms with E-state index >= 15 is 0 Å². The third-order valence-electron chi connectivity index (χ3n) is 2.11. The van der Waals surface area contributed by atoms with Crippen LogP contribution >= 0.6 is 11.6 Å². The molecule has 0 spiro atoms. The zero-order chi connectivity index (χ0) is 12.3. The van der Waals surface area contributed by atoms with Gasteiger partial charge in [0.05, 0.1) is 0 Å². The minimum atomic E-state index is -1.06. The SMILES string of the molecule is NC(CCC(=O)O)c1cc(F)c(F)cc1Cl. The van der Waals surface area contributed by atoms with E-state index in [9.17, 15) is 13.6 Å². The second kappa shape index (κ2) is 5.23. The van der Waals surface area contributed by atoms with Gasteiger partial charge in [-0.15, -0.1) is 0 Å². The van der Waals surface area contributed by atoms with Gasteiger partial charge >= 0.3 is 5.97 Å². The molecule has 0 aromatic heterocycles. The number of rotatable bonds is 4. The molecule has 0 bridgehead atoms. The second-order valence-corrected chi connectivity index (χ2v) is 3.73. The highest BCUT2D eigenvalue weighted by Crippen LogP contribution is 2.26. The van der Waals surface area contributed by atoms with Crippen LogP contribution < -0.4 is 5.73 Å². The van der Waals surface area contributed by atoms with Gasteiger partial charge in [0.15, 0.2) is 11.6 Å². The van der Waals surface area contributed by atoms with Gasteiger partial charge in [-0.1, -0.05) is 11.6 Å². The molecule has 6 heteroatoms. The zero-order valence-electron chi connectivity index (χ0n) is 8.21. The molecular weight excluding hydrogens is 240 g/mol. The zero-order valence-corrected chi connectivity index (χ0v) is 8.97. The van der Waals surface area contributed by atoms with Crippen molar-refractivity contribution in [2.75, 3.05) is 0 Å². The van der Waals surface area contributed by atoms with Crippen molar-refractivity contribution in [3.8, 4) is 0 Å². The number of carboxylic acid groups (broad SMARTS) is 1. The molecule has 0 saturated heterocycles. The normalized spacial score (nSPS) is 12.5. The first-order chi connectivity index (χ1) is 7.41. The Kier molecular flexibility index (Phi) is 4.20. The fourth-order valence-electron chi connectivity index (χ4n) is 1.26. The number of halogens is 3. The van der Waals surface area contributed by atoms with E-state index in [1.165, 1.54) is 0 Å². The van der Waals surface area contributed by atoms with E-state index in [-0.39, 0.29) is 23.4 Å². The van der Waals surface area contributed by atoms with Crippen molar-refractivity contribution in [1.29, 1.82) is 0 Å². The number of carbonyl (C=O) groups is 1. The number of benzene rings is 1. The van der Waals surface area contributed by atoms with Gasteiger partial charge in [0.25, 0.3) is 0 Å². The van der Waals surface area contributed by atoms with Crippen molar-refractivity contribution in [2.24, 2.45) is 5.73 Å². The Balaban J connectivity index is 2.86. The Bertz CT molecular complexity index is 412. The highest BCUT2D eigenvalue weighted by Gasteiger charge is 2.15. The summed E-state index contributed by atoms with van der Waals surface area (Å²) in [6, 6.07) is 0.996. The van der Waals surface area contributed by atoms with Crippen molar-refractivity contribution in [2.45, 2.75) is 18.9 Å². The van der Waals surface area contributed by atoms with Crippen LogP contribution in [0.5, 0.6) is 0 Å². The number of carboxylic acids is 1. The van der Waals surface area contributed by atoms with E-state index in [0.717, 1.165) is 12.1 Å². The van der Waals surface area contributed by atoms with Crippen molar-refractivity contribution in [3.63, 3.8) is 0 Å². The van der Waals surface area contributed by atoms with Gasteiger partial charge in [-0.05, 0) is 24.1 Å². The number of hydrogen-bond acceptors (Lipinski definition) is 2. The van der Waals surface area contributed by atoms with Gasteiger partial charge in [-0.25, -0.2) is 8.78 Å². The quantitative estimate of drug-likeness (QED) is 0.806. The summed E-state index contributed by atoms with van der Waals surface area (Å²) in [5.41, 5.74) is 5.84. The van der Waals surface area contributed by atoms with Gasteiger partial charge in [0.1, 0.15) is 0 Å². The molecule has 0 fully saturated rings. The molecular formula is C10H10ClF2NO2. The maximum atomic E-state index is 12.9. The molecule has 0 aliphatic rings. The minimum absolute atomic E-state index is 0.00297. The molecule has 0 saturated carbocycles. The molecule has 0 amide bonds. The molecule has 1 unspecified atom stereocenters. The van der Waals surface area contributed by atoms with Crippen LogP contribution in [-0.2, 0) is 4.79 Å². The fourth-order valence-corrected chi connectivity index (χ4v) is 1.55. The molecule has 0 radical (unpaired) electrons. The summed E-state index contributed by atoms with van der Waals surface area (Å²) in [5, 5.41) is 8.45. The molecule has 16 heavy (non-hydrogen) atoms. The maximum absolute atomic E-state index is 12.9. The number of aliphatic carboxylic acids is 1. The Morgan fingerprint density at radius 1 is 1.44 bits per heavy atom. The summed E-state index contributed by atoms with van der Waals surface area (Å²) in [6.45, 7) is 0. The van der Waals surface area contributed by atoms with E-state index in [1.807, 2.05) is 0 Å². The first kappa shape index (κ1) is 12.9. The lowest BCUT2D eigenvalue weighted by Gasteiger charge is -2.12. The molecule has 3 N–H and O–H groups in total. The molecule has 1 aromatic carbocycles. The number of nitrogens with two attached hydrogens (primary N) is 1. The van der Waals surface area contributed by atoms with Crippen LogP contribution in [-0.4, -0.2) is 11.1 Å². The predicted octanol–water partition coefficient (Wildman–Crippen LogP) is 2.48. The highest BCUT2D eigenvalue weighted by molar-refractivity contribution is 6.31. The monoisotopic (exact) mass is 249 g/mol. The van der Waals surface area contributed by atoms with Gasteiger partial charge in [0.2, 0.25) is 0 Å². The Morgan fingerprint density at radius 3 is 2.56 bits per heavy atom. The fraction of sp³-hybridized carbons (Fsp3) is 0.300. The van der Waals surface area contributed by atoms with Gasteiger partial charge in [-0.3, -0.25) is 4.79 Å². The molecule has 3 nitrogen and oxygen atoms in total. The van der Waals surface area contributed by atoms with E-state index in [1.54, 1.807) is 0 Å². The average Bonchev–Trinajstić information content (AvgIpc) is 2.20. The highest BCUT2D eigenvalue weighted by atomic mass is 35.5. The molecule has 88 valence electrons. The van der Waals surface area contributed by atoms with Crippen molar-refractivity contribution in [1.82, 2.24) is 0 Å². The lowest BCUT2D eigenvalue weighted by Crippen LogP contribution is -2.13. The summed E-state index contributed by atoms with van der Waals surface area (Å²) in [5.74, 6) is -3.11. The molecule has 0 heterocycles. The van der Waals surface area contributed by atoms with Crippen LogP contribution in [0.3, 0.4) is 0 Å². The summed E-state index contributed by atoms with van der Waals surface area (Å²) >= 11 is 5.68. The minimum Gasteiger partial charge on any atom is -0.481 e. The van der Waals surface area contributed by atoms with Crippen LogP contribution in [0.2, 0.25) is 5.02 Å². The first-order valence-corrected chi connectivity index (χ1v) is 4.91. The Morgan fingerprint density at radius 2 is 2.00 bits per heavy atom. The van der Waals surface area contributed by atoms with E-state index in [4.69, 9.17) is 22.4 Å². The van der Waals surface area contributed by atoms with Crippen LogP contribution in [0.15, 0.2) is 12.1 Å². The smallest absolute Gasteiger partial charge is 0.303 e. The average molecular weight is 250 g/mol. The maximum Gasteiger partial charge on any atom is 0.303 e. The first-order valence-electron chi connectivity index (χ1n) is 4.53. The lowest BCUT2D eigenvalue weighted by molar-refractivity contribution is -0.137. The van der Waals surface area contributed by atoms with Crippen LogP contribution in [0.4, 0.5) is 8.78 Å². The summed E-state index contributed by atoms with van der Waals surface area (Å²) in [6.07, 6.45) is -0.0450. The summed E-state index contributed by atoms with van der Waals surface area (Å²) in [7, 11) is 0. The molecule has 1 rings (SSSR count). The molecule has 1 aromatic rings. The van der Waals surface area contributed by atoms with Gasteiger partial charge in [0, 0.05) is 17.5 Å². The van der Waals surface area contributed by atoms with Crippen LogP contribution in [0.25, 0.3) is 0 Å². The van der Waals surface area contributed by atoms with Crippen molar-refractivity contribution >= 4 is 17.6 Å². The van der Waals surface area contributed by atoms with Crippen LogP contribution in [0.1, 0.15) is 24.4 Å². The van der Waals surface area contributed by atoms with Gasteiger partial charge < -0.3 is 10.8 Å².